The van der Waals surface area contributed by atoms with Crippen molar-refractivity contribution in [3.8, 4) is 12.3 Å². The fourth-order valence-corrected chi connectivity index (χ4v) is 1.98. The van der Waals surface area contributed by atoms with E-state index in [0.29, 0.717) is 13.2 Å². The Labute approximate surface area is 103 Å². The highest BCUT2D eigenvalue weighted by atomic mass is 35.5. The first-order chi connectivity index (χ1) is 7.33. The van der Waals surface area contributed by atoms with Gasteiger partial charge in [0.05, 0.1) is 25.3 Å². The van der Waals surface area contributed by atoms with E-state index in [2.05, 4.69) is 36.4 Å². The van der Waals surface area contributed by atoms with Crippen LogP contribution >= 0.6 is 12.4 Å². The van der Waals surface area contributed by atoms with Crippen molar-refractivity contribution in [3.05, 3.63) is 35.4 Å². The van der Waals surface area contributed by atoms with E-state index in [1.165, 1.54) is 11.1 Å². The van der Waals surface area contributed by atoms with Crippen LogP contribution in [-0.4, -0.2) is 12.6 Å². The summed E-state index contributed by atoms with van der Waals surface area (Å²) in [5.41, 5.74) is 2.57. The Bertz CT molecular complexity index is 386. The number of hydrogen-bond acceptors (Lipinski definition) is 2. The first kappa shape index (κ1) is 13.1. The van der Waals surface area contributed by atoms with Crippen LogP contribution < -0.4 is 5.32 Å². The van der Waals surface area contributed by atoms with E-state index >= 15 is 0 Å². The summed E-state index contributed by atoms with van der Waals surface area (Å²) >= 11 is 0. The second-order valence-corrected chi connectivity index (χ2v) is 3.78. The molecule has 0 unspecified atom stereocenters. The topological polar surface area (TPSA) is 21.3 Å². The summed E-state index contributed by atoms with van der Waals surface area (Å²) in [6, 6.07) is 8.55. The van der Waals surface area contributed by atoms with Gasteiger partial charge in [0, 0.05) is 0 Å². The average molecular weight is 238 g/mol. The van der Waals surface area contributed by atoms with Crippen LogP contribution in [0.3, 0.4) is 0 Å². The van der Waals surface area contributed by atoms with Gasteiger partial charge >= 0.3 is 0 Å². The molecule has 0 spiro atoms. The van der Waals surface area contributed by atoms with Crippen LogP contribution in [0.4, 0.5) is 0 Å². The fourth-order valence-electron chi connectivity index (χ4n) is 1.98. The summed E-state index contributed by atoms with van der Waals surface area (Å²) in [6.45, 7) is 3.35. The maximum Gasteiger partial charge on any atom is 0.0746 e. The van der Waals surface area contributed by atoms with Gasteiger partial charge in [0.1, 0.15) is 0 Å². The van der Waals surface area contributed by atoms with Crippen LogP contribution in [0.1, 0.15) is 24.1 Å². The Morgan fingerprint density at radius 2 is 2.25 bits per heavy atom. The van der Waals surface area contributed by atoms with Crippen molar-refractivity contribution < 1.29 is 4.74 Å². The van der Waals surface area contributed by atoms with Crippen LogP contribution in [0, 0.1) is 12.3 Å². The second kappa shape index (κ2) is 5.91. The number of ether oxygens (including phenoxy) is 1. The molecule has 2 atom stereocenters. The van der Waals surface area contributed by atoms with Crippen LogP contribution in [0.25, 0.3) is 0 Å². The zero-order valence-corrected chi connectivity index (χ0v) is 10.1. The van der Waals surface area contributed by atoms with Crippen molar-refractivity contribution >= 4 is 12.4 Å². The van der Waals surface area contributed by atoms with E-state index in [4.69, 9.17) is 11.2 Å². The van der Waals surface area contributed by atoms with Crippen molar-refractivity contribution in [1.29, 1.82) is 0 Å². The Morgan fingerprint density at radius 1 is 1.50 bits per heavy atom. The average Bonchev–Trinajstić information content (AvgIpc) is 2.28. The summed E-state index contributed by atoms with van der Waals surface area (Å²) in [7, 11) is 0. The van der Waals surface area contributed by atoms with Crippen molar-refractivity contribution in [1.82, 2.24) is 5.32 Å². The molecule has 0 radical (unpaired) electrons. The van der Waals surface area contributed by atoms with Crippen LogP contribution in [0.5, 0.6) is 0 Å². The molecule has 3 heteroatoms. The monoisotopic (exact) mass is 237 g/mol. The van der Waals surface area contributed by atoms with Crippen molar-refractivity contribution in [2.24, 2.45) is 0 Å². The summed E-state index contributed by atoms with van der Waals surface area (Å²) in [5, 5.41) is 3.32. The van der Waals surface area contributed by atoms with E-state index < -0.39 is 0 Å². The number of rotatable bonds is 2. The zero-order chi connectivity index (χ0) is 10.7. The molecule has 1 heterocycles. The van der Waals surface area contributed by atoms with Gasteiger partial charge in [0.25, 0.3) is 0 Å². The molecule has 1 aliphatic heterocycles. The molecule has 1 aromatic carbocycles. The lowest BCUT2D eigenvalue weighted by molar-refractivity contribution is 0.0126. The molecule has 1 aromatic rings. The minimum atomic E-state index is 0. The number of nitrogens with one attached hydrogen (secondary N) is 1. The first-order valence-corrected chi connectivity index (χ1v) is 5.19. The molecule has 0 fully saturated rings. The summed E-state index contributed by atoms with van der Waals surface area (Å²) in [5.74, 6) is 2.60. The third kappa shape index (κ3) is 2.56. The number of terminal acetylenes is 1. The summed E-state index contributed by atoms with van der Waals surface area (Å²) < 4.78 is 5.68. The second-order valence-electron chi connectivity index (χ2n) is 3.78. The van der Waals surface area contributed by atoms with Gasteiger partial charge in [0.15, 0.2) is 0 Å². The van der Waals surface area contributed by atoms with E-state index in [-0.39, 0.29) is 24.6 Å². The molecule has 2 nitrogen and oxygen atoms in total. The molecule has 0 aromatic heterocycles. The molecule has 0 bridgehead atoms. The molecule has 16 heavy (non-hydrogen) atoms. The van der Waals surface area contributed by atoms with Crippen molar-refractivity contribution in [2.75, 3.05) is 6.54 Å². The highest BCUT2D eigenvalue weighted by Gasteiger charge is 2.25. The predicted octanol–water partition coefficient (Wildman–Crippen LogP) is 2.29. The lowest BCUT2D eigenvalue weighted by Gasteiger charge is -2.31. The van der Waals surface area contributed by atoms with Gasteiger partial charge in [-0.05, 0) is 18.1 Å². The van der Waals surface area contributed by atoms with Crippen LogP contribution in [0.2, 0.25) is 0 Å². The molecule has 2 rings (SSSR count). The Morgan fingerprint density at radius 3 is 3.00 bits per heavy atom. The minimum absolute atomic E-state index is 0. The Kier molecular flexibility index (Phi) is 4.82. The number of benzene rings is 1. The molecule has 86 valence electrons. The molecule has 1 N–H and O–H groups in total. The SMILES string of the molecule is C#CCN[C@H]1c2ccccc2CO[C@H]1C.Cl. The fraction of sp³-hybridized carbons (Fsp3) is 0.385. The lowest BCUT2D eigenvalue weighted by Crippen LogP contribution is -2.36. The maximum absolute atomic E-state index is 5.68. The minimum Gasteiger partial charge on any atom is -0.372 e. The van der Waals surface area contributed by atoms with Gasteiger partial charge in [0.2, 0.25) is 0 Å². The van der Waals surface area contributed by atoms with Gasteiger partial charge < -0.3 is 4.74 Å². The lowest BCUT2D eigenvalue weighted by atomic mass is 9.94. The van der Waals surface area contributed by atoms with E-state index in [0.717, 1.165) is 0 Å². The summed E-state index contributed by atoms with van der Waals surface area (Å²) in [4.78, 5) is 0. The third-order valence-electron chi connectivity index (χ3n) is 2.79. The van der Waals surface area contributed by atoms with Crippen LogP contribution in [-0.2, 0) is 11.3 Å². The quantitative estimate of drug-likeness (QED) is 0.797. The normalized spacial score (nSPS) is 22.8. The highest BCUT2D eigenvalue weighted by molar-refractivity contribution is 5.85. The molecular weight excluding hydrogens is 222 g/mol. The third-order valence-corrected chi connectivity index (χ3v) is 2.79. The Hall–Kier alpha value is -1.01. The standard InChI is InChI=1S/C13H15NO.ClH/c1-3-8-14-13-10(2)15-9-11-6-4-5-7-12(11)13;/h1,4-7,10,13-14H,8-9H2,2H3;1H/t10-,13+;/m0./s1. The van der Waals surface area contributed by atoms with E-state index in [1.54, 1.807) is 0 Å². The number of halogens is 1. The number of hydrogen-bond donors (Lipinski definition) is 1. The van der Waals surface area contributed by atoms with Crippen LogP contribution in [0.15, 0.2) is 24.3 Å². The van der Waals surface area contributed by atoms with E-state index in [1.807, 2.05) is 6.07 Å². The molecule has 0 saturated carbocycles. The van der Waals surface area contributed by atoms with Gasteiger partial charge in [-0.25, -0.2) is 0 Å². The van der Waals surface area contributed by atoms with Gasteiger partial charge in [-0.2, -0.15) is 0 Å². The van der Waals surface area contributed by atoms with Gasteiger partial charge in [-0.3, -0.25) is 5.32 Å². The predicted molar refractivity (Wildman–Crippen MR) is 67.5 cm³/mol. The zero-order valence-electron chi connectivity index (χ0n) is 9.27. The van der Waals surface area contributed by atoms with E-state index in [9.17, 15) is 0 Å². The molecule has 0 amide bonds. The number of fused-ring (bicyclic) bond motifs is 1. The molecular formula is C13H16ClNO. The molecule has 0 aliphatic carbocycles. The van der Waals surface area contributed by atoms with Gasteiger partial charge in [-0.15, -0.1) is 18.8 Å². The first-order valence-electron chi connectivity index (χ1n) is 5.19. The van der Waals surface area contributed by atoms with Crippen molar-refractivity contribution in [3.63, 3.8) is 0 Å². The smallest absolute Gasteiger partial charge is 0.0746 e. The Balaban J connectivity index is 0.00000128. The largest absolute Gasteiger partial charge is 0.372 e. The summed E-state index contributed by atoms with van der Waals surface area (Å²) in [6.07, 6.45) is 5.43. The van der Waals surface area contributed by atoms with Gasteiger partial charge in [-0.1, -0.05) is 30.2 Å². The molecule has 0 saturated heterocycles. The maximum atomic E-state index is 5.68. The van der Waals surface area contributed by atoms with Crippen molar-refractivity contribution in [2.45, 2.75) is 25.7 Å². The highest BCUT2D eigenvalue weighted by Crippen LogP contribution is 2.28. The molecule has 1 aliphatic rings.